The van der Waals surface area contributed by atoms with Crippen LogP contribution >= 0.6 is 11.6 Å². The molecule has 0 saturated carbocycles. The van der Waals surface area contributed by atoms with Crippen LogP contribution in [-0.2, 0) is 6.42 Å². The van der Waals surface area contributed by atoms with Crippen LogP contribution < -0.4 is 0 Å². The highest BCUT2D eigenvalue weighted by molar-refractivity contribution is 6.20. The molecule has 2 rings (SSSR count). The first-order chi connectivity index (χ1) is 8.16. The van der Waals surface area contributed by atoms with Crippen LogP contribution in [-0.4, -0.2) is 15.0 Å². The topological polar surface area (TPSA) is 38.7 Å². The standard InChI is InChI=1S/C13H14ClN3/c1-9(14)12-8-16-13(17-10(12)2)7-11-5-3-4-6-15-11/h3-6,8-9H,7H2,1-2H3. The molecular formula is C13H14ClN3. The van der Waals surface area contributed by atoms with E-state index in [4.69, 9.17) is 11.6 Å². The van der Waals surface area contributed by atoms with Crippen LogP contribution in [0.5, 0.6) is 0 Å². The molecule has 0 aliphatic heterocycles. The van der Waals surface area contributed by atoms with Gasteiger partial charge in [0, 0.05) is 29.3 Å². The molecule has 17 heavy (non-hydrogen) atoms. The van der Waals surface area contributed by atoms with Crippen LogP contribution in [0.1, 0.15) is 35.1 Å². The lowest BCUT2D eigenvalue weighted by Crippen LogP contribution is -2.03. The van der Waals surface area contributed by atoms with E-state index in [0.717, 1.165) is 22.8 Å². The summed E-state index contributed by atoms with van der Waals surface area (Å²) in [4.78, 5) is 13.0. The highest BCUT2D eigenvalue weighted by Gasteiger charge is 2.08. The summed E-state index contributed by atoms with van der Waals surface area (Å²) in [6.45, 7) is 3.88. The number of nitrogens with zero attached hydrogens (tertiary/aromatic N) is 3. The lowest BCUT2D eigenvalue weighted by Gasteiger charge is -2.08. The largest absolute Gasteiger partial charge is 0.261 e. The monoisotopic (exact) mass is 247 g/mol. The second-order valence-corrected chi connectivity index (χ2v) is 4.60. The van der Waals surface area contributed by atoms with Gasteiger partial charge in [0.05, 0.1) is 11.8 Å². The van der Waals surface area contributed by atoms with E-state index in [2.05, 4.69) is 15.0 Å². The average Bonchev–Trinajstić information content (AvgIpc) is 2.30. The van der Waals surface area contributed by atoms with Crippen molar-refractivity contribution in [2.45, 2.75) is 25.6 Å². The molecule has 0 aromatic carbocycles. The lowest BCUT2D eigenvalue weighted by molar-refractivity contribution is 0.880. The Kier molecular flexibility index (Phi) is 3.69. The molecule has 0 radical (unpaired) electrons. The summed E-state index contributed by atoms with van der Waals surface area (Å²) < 4.78 is 0. The molecule has 0 spiro atoms. The molecule has 0 fully saturated rings. The molecule has 0 aliphatic rings. The van der Waals surface area contributed by atoms with Gasteiger partial charge in [-0.3, -0.25) is 4.98 Å². The first-order valence-corrected chi connectivity index (χ1v) is 5.97. The molecule has 0 saturated heterocycles. The summed E-state index contributed by atoms with van der Waals surface area (Å²) in [5.41, 5.74) is 2.89. The van der Waals surface area contributed by atoms with E-state index < -0.39 is 0 Å². The van der Waals surface area contributed by atoms with Gasteiger partial charge in [-0.25, -0.2) is 9.97 Å². The predicted octanol–water partition coefficient (Wildman–Crippen LogP) is 3.07. The summed E-state index contributed by atoms with van der Waals surface area (Å²) in [6, 6.07) is 5.83. The van der Waals surface area contributed by atoms with Gasteiger partial charge in [0.1, 0.15) is 5.82 Å². The number of halogens is 1. The predicted molar refractivity (Wildman–Crippen MR) is 68.1 cm³/mol. The Labute approximate surface area is 106 Å². The zero-order valence-corrected chi connectivity index (χ0v) is 10.6. The van der Waals surface area contributed by atoms with Gasteiger partial charge in [-0.1, -0.05) is 6.07 Å². The highest BCUT2D eigenvalue weighted by atomic mass is 35.5. The van der Waals surface area contributed by atoms with E-state index >= 15 is 0 Å². The number of pyridine rings is 1. The molecule has 2 heterocycles. The normalized spacial score (nSPS) is 12.4. The van der Waals surface area contributed by atoms with Crippen molar-refractivity contribution in [2.75, 3.05) is 0 Å². The van der Waals surface area contributed by atoms with Crippen LogP contribution in [0.2, 0.25) is 0 Å². The third-order valence-electron chi connectivity index (χ3n) is 2.56. The van der Waals surface area contributed by atoms with Gasteiger partial charge in [0.15, 0.2) is 0 Å². The van der Waals surface area contributed by atoms with Crippen molar-refractivity contribution in [1.82, 2.24) is 15.0 Å². The lowest BCUT2D eigenvalue weighted by atomic mass is 10.2. The summed E-state index contributed by atoms with van der Waals surface area (Å²) in [5, 5.41) is -0.0566. The van der Waals surface area contributed by atoms with Gasteiger partial charge in [0.25, 0.3) is 0 Å². The minimum atomic E-state index is -0.0566. The maximum absolute atomic E-state index is 6.03. The van der Waals surface area contributed by atoms with Crippen LogP contribution in [0.3, 0.4) is 0 Å². The molecule has 1 unspecified atom stereocenters. The molecule has 1 atom stereocenters. The van der Waals surface area contributed by atoms with Gasteiger partial charge in [-0.2, -0.15) is 0 Å². The Bertz CT molecular complexity index is 497. The Balaban J connectivity index is 2.21. The molecule has 3 nitrogen and oxygen atoms in total. The maximum atomic E-state index is 6.03. The van der Waals surface area contributed by atoms with Crippen molar-refractivity contribution >= 4 is 11.6 Å². The number of hydrogen-bond acceptors (Lipinski definition) is 3. The van der Waals surface area contributed by atoms with E-state index in [0.29, 0.717) is 6.42 Å². The van der Waals surface area contributed by atoms with E-state index in [-0.39, 0.29) is 5.38 Å². The number of aryl methyl sites for hydroxylation is 1. The highest BCUT2D eigenvalue weighted by Crippen LogP contribution is 2.21. The van der Waals surface area contributed by atoms with Crippen molar-refractivity contribution < 1.29 is 0 Å². The zero-order chi connectivity index (χ0) is 12.3. The van der Waals surface area contributed by atoms with Crippen LogP contribution in [0.15, 0.2) is 30.6 Å². The van der Waals surface area contributed by atoms with E-state index in [1.165, 1.54) is 0 Å². The molecular weight excluding hydrogens is 234 g/mol. The van der Waals surface area contributed by atoms with E-state index in [9.17, 15) is 0 Å². The Hall–Kier alpha value is -1.48. The van der Waals surface area contributed by atoms with Crippen molar-refractivity contribution in [3.05, 3.63) is 53.4 Å². The first-order valence-electron chi connectivity index (χ1n) is 5.53. The summed E-state index contributed by atoms with van der Waals surface area (Å²) >= 11 is 6.03. The Morgan fingerprint density at radius 2 is 2.12 bits per heavy atom. The molecule has 0 amide bonds. The third-order valence-corrected chi connectivity index (χ3v) is 2.80. The minimum absolute atomic E-state index is 0.0566. The van der Waals surface area contributed by atoms with Crippen LogP contribution in [0.4, 0.5) is 0 Å². The Morgan fingerprint density at radius 1 is 1.29 bits per heavy atom. The van der Waals surface area contributed by atoms with Gasteiger partial charge in [-0.15, -0.1) is 11.6 Å². The van der Waals surface area contributed by atoms with Crippen molar-refractivity contribution in [3.63, 3.8) is 0 Å². The van der Waals surface area contributed by atoms with Crippen molar-refractivity contribution in [2.24, 2.45) is 0 Å². The fraction of sp³-hybridized carbons (Fsp3) is 0.308. The molecule has 4 heteroatoms. The second-order valence-electron chi connectivity index (χ2n) is 3.94. The molecule has 2 aromatic heterocycles. The Morgan fingerprint density at radius 3 is 2.71 bits per heavy atom. The van der Waals surface area contributed by atoms with Gasteiger partial charge in [-0.05, 0) is 26.0 Å². The van der Waals surface area contributed by atoms with Crippen LogP contribution in [0, 0.1) is 6.92 Å². The average molecular weight is 248 g/mol. The molecule has 0 bridgehead atoms. The number of hydrogen-bond donors (Lipinski definition) is 0. The fourth-order valence-corrected chi connectivity index (χ4v) is 1.88. The molecule has 2 aromatic rings. The van der Waals surface area contributed by atoms with Gasteiger partial charge >= 0.3 is 0 Å². The van der Waals surface area contributed by atoms with Crippen molar-refractivity contribution in [3.8, 4) is 0 Å². The number of rotatable bonds is 3. The van der Waals surface area contributed by atoms with E-state index in [1.807, 2.05) is 32.0 Å². The molecule has 88 valence electrons. The zero-order valence-electron chi connectivity index (χ0n) is 9.89. The summed E-state index contributed by atoms with van der Waals surface area (Å²) in [5.74, 6) is 0.780. The maximum Gasteiger partial charge on any atom is 0.134 e. The van der Waals surface area contributed by atoms with Crippen LogP contribution in [0.25, 0.3) is 0 Å². The van der Waals surface area contributed by atoms with Gasteiger partial charge in [0.2, 0.25) is 0 Å². The quantitative estimate of drug-likeness (QED) is 0.783. The third kappa shape index (κ3) is 3.01. The van der Waals surface area contributed by atoms with Crippen molar-refractivity contribution in [1.29, 1.82) is 0 Å². The SMILES string of the molecule is Cc1nc(Cc2ccccn2)ncc1C(C)Cl. The fourth-order valence-electron chi connectivity index (χ4n) is 1.66. The summed E-state index contributed by atoms with van der Waals surface area (Å²) in [6.07, 6.45) is 4.23. The first kappa shape index (κ1) is 12.0. The smallest absolute Gasteiger partial charge is 0.134 e. The number of aromatic nitrogens is 3. The second kappa shape index (κ2) is 5.23. The molecule has 0 N–H and O–H groups in total. The minimum Gasteiger partial charge on any atom is -0.261 e. The number of alkyl halides is 1. The van der Waals surface area contributed by atoms with Gasteiger partial charge < -0.3 is 0 Å². The summed E-state index contributed by atoms with van der Waals surface area (Å²) in [7, 11) is 0. The molecule has 0 aliphatic carbocycles. The van der Waals surface area contributed by atoms with E-state index in [1.54, 1.807) is 12.4 Å².